The van der Waals surface area contributed by atoms with E-state index in [1.54, 1.807) is 0 Å². The second-order valence-electron chi connectivity index (χ2n) is 7.01. The molecule has 1 aliphatic carbocycles. The SMILES string of the molecule is O=C(O)NCCCCN1C(=O)C2CC3CCOC32c2cc(Cl)ccc21. The Kier molecular flexibility index (Phi) is 4.12. The van der Waals surface area contributed by atoms with Crippen LogP contribution in [0.15, 0.2) is 18.2 Å². The number of benzene rings is 1. The first-order valence-corrected chi connectivity index (χ1v) is 9.14. The molecule has 1 aromatic carbocycles. The molecule has 1 saturated carbocycles. The standard InChI is InChI=1S/C18H21ClN2O4/c19-12-3-4-15-13(10-12)18-11(5-8-25-18)9-14(18)16(22)21(15)7-2-1-6-20-17(23)24/h3-4,10-11,14,20H,1-2,5-9H2,(H,23,24). The van der Waals surface area contributed by atoms with E-state index in [1.165, 1.54) is 0 Å². The van der Waals surface area contributed by atoms with Gasteiger partial charge in [-0.25, -0.2) is 4.79 Å². The van der Waals surface area contributed by atoms with Crippen molar-refractivity contribution in [1.82, 2.24) is 5.32 Å². The number of hydrogen-bond acceptors (Lipinski definition) is 3. The van der Waals surface area contributed by atoms with Crippen LogP contribution >= 0.6 is 11.6 Å². The van der Waals surface area contributed by atoms with E-state index in [0.29, 0.717) is 37.1 Å². The van der Waals surface area contributed by atoms with Gasteiger partial charge < -0.3 is 20.1 Å². The van der Waals surface area contributed by atoms with Gasteiger partial charge in [-0.3, -0.25) is 4.79 Å². The Hall–Kier alpha value is -1.79. The van der Waals surface area contributed by atoms with Crippen LogP contribution in [0.3, 0.4) is 0 Å². The van der Waals surface area contributed by atoms with Crippen molar-refractivity contribution in [3.63, 3.8) is 0 Å². The van der Waals surface area contributed by atoms with Gasteiger partial charge in [0.05, 0.1) is 5.92 Å². The van der Waals surface area contributed by atoms with E-state index in [4.69, 9.17) is 21.4 Å². The highest BCUT2D eigenvalue weighted by Crippen LogP contribution is 2.63. The molecule has 25 heavy (non-hydrogen) atoms. The van der Waals surface area contributed by atoms with Gasteiger partial charge in [-0.1, -0.05) is 11.6 Å². The van der Waals surface area contributed by atoms with Gasteiger partial charge in [0.2, 0.25) is 5.91 Å². The van der Waals surface area contributed by atoms with Crippen LogP contribution in [-0.2, 0) is 15.1 Å². The molecule has 2 fully saturated rings. The average molecular weight is 365 g/mol. The quantitative estimate of drug-likeness (QED) is 0.787. The third-order valence-corrected chi connectivity index (χ3v) is 6.01. The second kappa shape index (κ2) is 6.18. The van der Waals surface area contributed by atoms with Gasteiger partial charge in [0.1, 0.15) is 5.60 Å². The summed E-state index contributed by atoms with van der Waals surface area (Å²) in [6.07, 6.45) is 2.28. The summed E-state index contributed by atoms with van der Waals surface area (Å²) in [6, 6.07) is 5.67. The Morgan fingerprint density at radius 2 is 2.28 bits per heavy atom. The lowest BCUT2D eigenvalue weighted by molar-refractivity contribution is -0.168. The van der Waals surface area contributed by atoms with Crippen molar-refractivity contribution in [3.05, 3.63) is 28.8 Å². The largest absolute Gasteiger partial charge is 0.465 e. The number of hydrogen-bond donors (Lipinski definition) is 2. The number of rotatable bonds is 5. The number of nitrogens with one attached hydrogen (secondary N) is 1. The zero-order chi connectivity index (χ0) is 17.6. The van der Waals surface area contributed by atoms with Crippen LogP contribution in [0.5, 0.6) is 0 Å². The Morgan fingerprint density at radius 1 is 1.44 bits per heavy atom. The van der Waals surface area contributed by atoms with Crippen LogP contribution in [0, 0.1) is 11.8 Å². The van der Waals surface area contributed by atoms with E-state index in [2.05, 4.69) is 5.32 Å². The molecule has 134 valence electrons. The minimum absolute atomic E-state index is 0.122. The molecule has 2 N–H and O–H groups in total. The number of unbranched alkanes of at least 4 members (excludes halogenated alkanes) is 1. The zero-order valence-corrected chi connectivity index (χ0v) is 14.6. The first-order chi connectivity index (χ1) is 12.0. The number of carboxylic acid groups (broad SMARTS) is 1. The molecule has 2 heterocycles. The van der Waals surface area contributed by atoms with Crippen molar-refractivity contribution >= 4 is 29.3 Å². The molecule has 4 rings (SSSR count). The van der Waals surface area contributed by atoms with E-state index in [0.717, 1.165) is 30.5 Å². The monoisotopic (exact) mass is 364 g/mol. The summed E-state index contributed by atoms with van der Waals surface area (Å²) in [6.45, 7) is 1.66. The molecule has 1 aromatic rings. The van der Waals surface area contributed by atoms with Crippen molar-refractivity contribution in [2.45, 2.75) is 31.3 Å². The molecule has 3 atom stereocenters. The third kappa shape index (κ3) is 2.50. The molecule has 3 unspecified atom stereocenters. The molecule has 3 aliphatic rings. The molecule has 2 amide bonds. The lowest BCUT2D eigenvalue weighted by Crippen LogP contribution is -2.61. The number of fused-ring (bicyclic) bond motifs is 1. The summed E-state index contributed by atoms with van der Waals surface area (Å²) < 4.78 is 6.13. The summed E-state index contributed by atoms with van der Waals surface area (Å²) in [7, 11) is 0. The van der Waals surface area contributed by atoms with Gasteiger partial charge in [0, 0.05) is 36.0 Å². The second-order valence-corrected chi connectivity index (χ2v) is 7.44. The van der Waals surface area contributed by atoms with Crippen molar-refractivity contribution in [2.75, 3.05) is 24.6 Å². The fraction of sp³-hybridized carbons (Fsp3) is 0.556. The number of nitrogens with zero attached hydrogens (tertiary/aromatic N) is 1. The van der Waals surface area contributed by atoms with Crippen LogP contribution in [0.2, 0.25) is 5.02 Å². The maximum absolute atomic E-state index is 13.0. The number of anilines is 1. The number of ether oxygens (including phenoxy) is 1. The molecule has 7 heteroatoms. The number of carbonyl (C=O) groups excluding carboxylic acids is 1. The van der Waals surface area contributed by atoms with Crippen LogP contribution < -0.4 is 10.2 Å². The predicted octanol–water partition coefficient (Wildman–Crippen LogP) is 2.99. The summed E-state index contributed by atoms with van der Waals surface area (Å²) in [5, 5.41) is 11.6. The third-order valence-electron chi connectivity index (χ3n) is 5.77. The fourth-order valence-corrected chi connectivity index (χ4v) is 4.81. The highest BCUT2D eigenvalue weighted by atomic mass is 35.5. The summed E-state index contributed by atoms with van der Waals surface area (Å²) in [5.41, 5.74) is 1.46. The molecule has 1 saturated heterocycles. The molecule has 0 aromatic heterocycles. The van der Waals surface area contributed by atoms with E-state index in [1.807, 2.05) is 23.1 Å². The molecular formula is C18H21ClN2O4. The fourth-order valence-electron chi connectivity index (χ4n) is 4.63. The molecule has 0 radical (unpaired) electrons. The van der Waals surface area contributed by atoms with Crippen LogP contribution in [0.1, 0.15) is 31.2 Å². The Labute approximate surface area is 151 Å². The average Bonchev–Trinajstić information content (AvgIpc) is 2.86. The van der Waals surface area contributed by atoms with Gasteiger partial charge in [-0.05, 0) is 49.8 Å². The first kappa shape index (κ1) is 16.7. The zero-order valence-electron chi connectivity index (χ0n) is 13.8. The van der Waals surface area contributed by atoms with Gasteiger partial charge in [0.15, 0.2) is 0 Å². The minimum Gasteiger partial charge on any atom is -0.465 e. The predicted molar refractivity (Wildman–Crippen MR) is 92.9 cm³/mol. The molecule has 6 nitrogen and oxygen atoms in total. The van der Waals surface area contributed by atoms with Crippen molar-refractivity contribution in [1.29, 1.82) is 0 Å². The highest BCUT2D eigenvalue weighted by Gasteiger charge is 2.66. The van der Waals surface area contributed by atoms with Crippen molar-refractivity contribution in [2.24, 2.45) is 11.8 Å². The smallest absolute Gasteiger partial charge is 0.404 e. The Balaban J connectivity index is 1.57. The normalized spacial score (nSPS) is 29.5. The van der Waals surface area contributed by atoms with E-state index in [-0.39, 0.29) is 11.8 Å². The van der Waals surface area contributed by atoms with Gasteiger partial charge in [0.25, 0.3) is 0 Å². The number of carbonyl (C=O) groups is 2. The molecular weight excluding hydrogens is 344 g/mol. The van der Waals surface area contributed by atoms with Crippen LogP contribution in [-0.4, -0.2) is 36.8 Å². The molecule has 2 aliphatic heterocycles. The maximum Gasteiger partial charge on any atom is 0.404 e. The van der Waals surface area contributed by atoms with Crippen LogP contribution in [0.4, 0.5) is 10.5 Å². The van der Waals surface area contributed by atoms with Gasteiger partial charge >= 0.3 is 6.09 Å². The Bertz CT molecular complexity index is 725. The summed E-state index contributed by atoms with van der Waals surface area (Å²) >= 11 is 6.24. The number of halogens is 1. The minimum atomic E-state index is -1.02. The Morgan fingerprint density at radius 3 is 3.04 bits per heavy atom. The van der Waals surface area contributed by atoms with E-state index >= 15 is 0 Å². The number of amides is 2. The van der Waals surface area contributed by atoms with E-state index < -0.39 is 11.7 Å². The summed E-state index contributed by atoms with van der Waals surface area (Å²) in [5.74, 6) is 0.405. The lowest BCUT2D eigenvalue weighted by Gasteiger charge is -2.56. The van der Waals surface area contributed by atoms with Crippen LogP contribution in [0.25, 0.3) is 0 Å². The van der Waals surface area contributed by atoms with E-state index in [9.17, 15) is 9.59 Å². The molecule has 0 bridgehead atoms. The highest BCUT2D eigenvalue weighted by molar-refractivity contribution is 6.30. The first-order valence-electron chi connectivity index (χ1n) is 8.76. The summed E-state index contributed by atoms with van der Waals surface area (Å²) in [4.78, 5) is 25.4. The molecule has 1 spiro atoms. The van der Waals surface area contributed by atoms with Gasteiger partial charge in [-0.2, -0.15) is 0 Å². The maximum atomic E-state index is 13.0. The van der Waals surface area contributed by atoms with Gasteiger partial charge in [-0.15, -0.1) is 0 Å². The lowest BCUT2D eigenvalue weighted by atomic mass is 9.56. The van der Waals surface area contributed by atoms with Crippen molar-refractivity contribution < 1.29 is 19.4 Å². The topological polar surface area (TPSA) is 78.9 Å². The van der Waals surface area contributed by atoms with Crippen molar-refractivity contribution in [3.8, 4) is 0 Å².